The maximum atomic E-state index is 11.4. The van der Waals surface area contributed by atoms with Gasteiger partial charge in [0, 0.05) is 6.42 Å². The normalized spacial score (nSPS) is 46.1. The fourth-order valence-corrected chi connectivity index (χ4v) is 2.93. The summed E-state index contributed by atoms with van der Waals surface area (Å²) in [5.74, 6) is -2.17. The molecule has 78 valence electrons. The lowest BCUT2D eigenvalue weighted by Crippen LogP contribution is -2.39. The molecule has 4 atom stereocenters. The van der Waals surface area contributed by atoms with Gasteiger partial charge < -0.3 is 9.84 Å². The van der Waals surface area contributed by atoms with Crippen molar-refractivity contribution in [2.24, 2.45) is 17.8 Å². The van der Waals surface area contributed by atoms with E-state index in [0.29, 0.717) is 12.8 Å². The number of esters is 1. The largest absolute Gasteiger partial charge is 0.481 e. The van der Waals surface area contributed by atoms with Gasteiger partial charge >= 0.3 is 11.9 Å². The fourth-order valence-electron chi connectivity index (χ4n) is 2.93. The number of carbonyl (C=O) groups is 2. The molecular formula is C10H14O4. The Hall–Kier alpha value is -1.06. The molecule has 1 aliphatic carbocycles. The van der Waals surface area contributed by atoms with Crippen molar-refractivity contribution in [1.82, 2.24) is 0 Å². The van der Waals surface area contributed by atoms with E-state index in [1.165, 1.54) is 0 Å². The van der Waals surface area contributed by atoms with Crippen LogP contribution >= 0.6 is 0 Å². The van der Waals surface area contributed by atoms with Crippen LogP contribution in [-0.4, -0.2) is 22.6 Å². The van der Waals surface area contributed by atoms with E-state index in [4.69, 9.17) is 9.84 Å². The highest BCUT2D eigenvalue weighted by molar-refractivity contribution is 5.83. The van der Waals surface area contributed by atoms with Crippen LogP contribution in [0.2, 0.25) is 0 Å². The van der Waals surface area contributed by atoms with Crippen LogP contribution < -0.4 is 0 Å². The first-order valence-corrected chi connectivity index (χ1v) is 4.89. The molecule has 0 aromatic carbocycles. The third-order valence-corrected chi connectivity index (χ3v) is 3.39. The van der Waals surface area contributed by atoms with E-state index in [9.17, 15) is 9.59 Å². The Morgan fingerprint density at radius 2 is 2.21 bits per heavy atom. The molecule has 1 heterocycles. The molecule has 0 aromatic rings. The third kappa shape index (κ3) is 1.21. The molecule has 0 radical (unpaired) electrons. The number of carbonyl (C=O) groups excluding carboxylic acids is 1. The molecule has 2 rings (SSSR count). The van der Waals surface area contributed by atoms with Gasteiger partial charge in [-0.2, -0.15) is 0 Å². The molecule has 4 unspecified atom stereocenters. The molecule has 4 nitrogen and oxygen atoms in total. The van der Waals surface area contributed by atoms with Crippen LogP contribution in [0, 0.1) is 17.8 Å². The SMILES string of the molecule is CC1CC2(C)CC(C(=O)O2)C1C(=O)O. The monoisotopic (exact) mass is 198 g/mol. The van der Waals surface area contributed by atoms with E-state index >= 15 is 0 Å². The summed E-state index contributed by atoms with van der Waals surface area (Å²) in [5, 5.41) is 9.02. The lowest BCUT2D eigenvalue weighted by molar-refractivity contribution is -0.152. The van der Waals surface area contributed by atoms with Gasteiger partial charge in [0.2, 0.25) is 0 Å². The molecular weight excluding hydrogens is 184 g/mol. The van der Waals surface area contributed by atoms with Crippen molar-refractivity contribution in [3.8, 4) is 0 Å². The van der Waals surface area contributed by atoms with Gasteiger partial charge in [-0.3, -0.25) is 9.59 Å². The van der Waals surface area contributed by atoms with Crippen LogP contribution in [-0.2, 0) is 14.3 Å². The summed E-state index contributed by atoms with van der Waals surface area (Å²) in [6.07, 6.45) is 1.22. The molecule has 4 heteroatoms. The number of rotatable bonds is 1. The summed E-state index contributed by atoms with van der Waals surface area (Å²) in [6.45, 7) is 3.77. The van der Waals surface area contributed by atoms with Gasteiger partial charge in [0.05, 0.1) is 11.8 Å². The summed E-state index contributed by atoms with van der Waals surface area (Å²) in [6, 6.07) is 0. The molecule has 0 spiro atoms. The standard InChI is InChI=1S/C10H14O4/c1-5-3-10(2)4-6(9(13)14-10)7(5)8(11)12/h5-7H,3-4H2,1-2H3,(H,11,12). The predicted octanol–water partition coefficient (Wildman–Crippen LogP) is 1.05. The molecule has 2 fully saturated rings. The quantitative estimate of drug-likeness (QED) is 0.639. The smallest absolute Gasteiger partial charge is 0.310 e. The maximum absolute atomic E-state index is 11.4. The molecule has 1 N–H and O–H groups in total. The predicted molar refractivity (Wildman–Crippen MR) is 47.5 cm³/mol. The zero-order valence-corrected chi connectivity index (χ0v) is 8.32. The first kappa shape index (κ1) is 9.49. The molecule has 1 aliphatic heterocycles. The van der Waals surface area contributed by atoms with Crippen LogP contribution in [0.3, 0.4) is 0 Å². The summed E-state index contributed by atoms with van der Waals surface area (Å²) in [7, 11) is 0. The minimum atomic E-state index is -0.872. The van der Waals surface area contributed by atoms with Crippen molar-refractivity contribution in [3.63, 3.8) is 0 Å². The van der Waals surface area contributed by atoms with Crippen molar-refractivity contribution in [2.45, 2.75) is 32.3 Å². The Balaban J connectivity index is 2.31. The van der Waals surface area contributed by atoms with Crippen LogP contribution in [0.15, 0.2) is 0 Å². The van der Waals surface area contributed by atoms with Gasteiger partial charge in [-0.1, -0.05) is 6.92 Å². The Labute approximate surface area is 82.2 Å². The third-order valence-electron chi connectivity index (χ3n) is 3.39. The van der Waals surface area contributed by atoms with Crippen molar-refractivity contribution in [2.75, 3.05) is 0 Å². The Kier molecular flexibility index (Phi) is 1.84. The van der Waals surface area contributed by atoms with E-state index in [1.807, 2.05) is 13.8 Å². The van der Waals surface area contributed by atoms with Gasteiger partial charge in [-0.25, -0.2) is 0 Å². The van der Waals surface area contributed by atoms with E-state index in [2.05, 4.69) is 0 Å². The molecule has 1 saturated carbocycles. The molecule has 1 saturated heterocycles. The summed E-state index contributed by atoms with van der Waals surface area (Å²) >= 11 is 0. The Morgan fingerprint density at radius 1 is 1.57 bits per heavy atom. The maximum Gasteiger partial charge on any atom is 0.310 e. The van der Waals surface area contributed by atoms with Gasteiger partial charge in [0.15, 0.2) is 0 Å². The van der Waals surface area contributed by atoms with E-state index in [-0.39, 0.29) is 11.9 Å². The first-order valence-electron chi connectivity index (χ1n) is 4.89. The number of hydrogen-bond donors (Lipinski definition) is 1. The molecule has 0 aromatic heterocycles. The van der Waals surface area contributed by atoms with Gasteiger partial charge in [0.1, 0.15) is 5.60 Å². The zero-order valence-electron chi connectivity index (χ0n) is 8.32. The Bertz CT molecular complexity index is 298. The number of ether oxygens (including phenoxy) is 1. The molecule has 0 amide bonds. The number of fused-ring (bicyclic) bond motifs is 2. The summed E-state index contributed by atoms with van der Waals surface area (Å²) in [4.78, 5) is 22.4. The van der Waals surface area contributed by atoms with E-state index < -0.39 is 23.4 Å². The lowest BCUT2D eigenvalue weighted by Gasteiger charge is -2.33. The topological polar surface area (TPSA) is 63.6 Å². The second-order valence-electron chi connectivity index (χ2n) is 4.73. The van der Waals surface area contributed by atoms with Crippen LogP contribution in [0.1, 0.15) is 26.7 Å². The van der Waals surface area contributed by atoms with Crippen molar-refractivity contribution in [1.29, 1.82) is 0 Å². The minimum Gasteiger partial charge on any atom is -0.481 e. The second kappa shape index (κ2) is 2.72. The molecule has 2 aliphatic rings. The van der Waals surface area contributed by atoms with E-state index in [0.717, 1.165) is 0 Å². The Morgan fingerprint density at radius 3 is 2.79 bits per heavy atom. The fraction of sp³-hybridized carbons (Fsp3) is 0.800. The minimum absolute atomic E-state index is 0.0164. The van der Waals surface area contributed by atoms with Crippen LogP contribution in [0.4, 0.5) is 0 Å². The van der Waals surface area contributed by atoms with Gasteiger partial charge in [-0.05, 0) is 19.3 Å². The average molecular weight is 198 g/mol. The van der Waals surface area contributed by atoms with Crippen LogP contribution in [0.25, 0.3) is 0 Å². The van der Waals surface area contributed by atoms with Crippen molar-refractivity contribution in [3.05, 3.63) is 0 Å². The molecule has 14 heavy (non-hydrogen) atoms. The zero-order chi connectivity index (χ0) is 10.5. The van der Waals surface area contributed by atoms with Gasteiger partial charge in [0.25, 0.3) is 0 Å². The van der Waals surface area contributed by atoms with Gasteiger partial charge in [-0.15, -0.1) is 0 Å². The highest BCUT2D eigenvalue weighted by Gasteiger charge is 2.55. The van der Waals surface area contributed by atoms with Crippen molar-refractivity contribution >= 4 is 11.9 Å². The number of carboxylic acids is 1. The summed E-state index contributed by atoms with van der Waals surface area (Å²) in [5.41, 5.74) is -0.410. The van der Waals surface area contributed by atoms with Crippen LogP contribution in [0.5, 0.6) is 0 Å². The lowest BCUT2D eigenvalue weighted by atomic mass is 9.69. The summed E-state index contributed by atoms with van der Waals surface area (Å²) < 4.78 is 5.22. The number of hydrogen-bond acceptors (Lipinski definition) is 3. The first-order chi connectivity index (χ1) is 6.43. The highest BCUT2D eigenvalue weighted by atomic mass is 16.6. The van der Waals surface area contributed by atoms with Crippen molar-refractivity contribution < 1.29 is 19.4 Å². The second-order valence-corrected chi connectivity index (χ2v) is 4.73. The highest BCUT2D eigenvalue weighted by Crippen LogP contribution is 2.48. The van der Waals surface area contributed by atoms with E-state index in [1.54, 1.807) is 0 Å². The number of carboxylic acid groups (broad SMARTS) is 1. The average Bonchev–Trinajstić information content (AvgIpc) is 2.21. The number of aliphatic carboxylic acids is 1. The molecule has 2 bridgehead atoms.